The van der Waals surface area contributed by atoms with E-state index in [4.69, 9.17) is 11.6 Å². The van der Waals surface area contributed by atoms with Crippen molar-refractivity contribution in [2.75, 3.05) is 5.32 Å². The molecule has 1 aliphatic rings. The lowest BCUT2D eigenvalue weighted by Gasteiger charge is -2.28. The Morgan fingerprint density at radius 1 is 1.09 bits per heavy atom. The van der Waals surface area contributed by atoms with Gasteiger partial charge in [-0.2, -0.15) is 0 Å². The first-order valence-electron chi connectivity index (χ1n) is 7.44. The van der Waals surface area contributed by atoms with E-state index in [0.717, 1.165) is 31.2 Å². The lowest BCUT2D eigenvalue weighted by molar-refractivity contribution is -0.121. The molecule has 0 aliphatic heterocycles. The third-order valence-corrected chi connectivity index (χ3v) is 4.71. The molecule has 2 nitrogen and oxygen atoms in total. The van der Waals surface area contributed by atoms with Gasteiger partial charge in [-0.25, -0.2) is 4.39 Å². The molecular weight excluding hydrogens is 301 g/mol. The van der Waals surface area contributed by atoms with Crippen molar-refractivity contribution in [3.63, 3.8) is 0 Å². The second-order valence-electron chi connectivity index (χ2n) is 5.73. The van der Waals surface area contributed by atoms with Crippen LogP contribution in [0.4, 0.5) is 10.1 Å². The van der Waals surface area contributed by atoms with E-state index in [1.54, 1.807) is 0 Å². The monoisotopic (exact) mass is 317 g/mol. The van der Waals surface area contributed by atoms with E-state index in [1.165, 1.54) is 18.2 Å². The summed E-state index contributed by atoms with van der Waals surface area (Å²) in [4.78, 5) is 12.9. The van der Waals surface area contributed by atoms with Crippen molar-refractivity contribution in [2.45, 2.75) is 31.1 Å². The number of hydrogen-bond donors (Lipinski definition) is 1. The maximum atomic E-state index is 13.1. The Morgan fingerprint density at radius 2 is 1.77 bits per heavy atom. The molecule has 2 aromatic rings. The summed E-state index contributed by atoms with van der Waals surface area (Å²) in [6.07, 6.45) is 3.70. The van der Waals surface area contributed by atoms with Crippen LogP contribution < -0.4 is 5.32 Å². The molecule has 0 bridgehead atoms. The number of nitrogens with one attached hydrogen (secondary N) is 1. The summed E-state index contributed by atoms with van der Waals surface area (Å²) in [6.45, 7) is 0. The smallest absolute Gasteiger partial charge is 0.235 e. The van der Waals surface area contributed by atoms with Crippen LogP contribution in [0.1, 0.15) is 31.2 Å². The number of hydrogen-bond acceptors (Lipinski definition) is 1. The van der Waals surface area contributed by atoms with Crippen molar-refractivity contribution < 1.29 is 9.18 Å². The fourth-order valence-corrected chi connectivity index (χ4v) is 3.43. The summed E-state index contributed by atoms with van der Waals surface area (Å²) in [7, 11) is 0. The molecule has 1 amide bonds. The fourth-order valence-electron chi connectivity index (χ4n) is 3.22. The highest BCUT2D eigenvalue weighted by atomic mass is 35.5. The van der Waals surface area contributed by atoms with Gasteiger partial charge in [-0.3, -0.25) is 4.79 Å². The Bertz CT molecular complexity index is 681. The molecule has 1 N–H and O–H groups in total. The number of anilines is 1. The minimum atomic E-state index is -0.515. The molecule has 0 radical (unpaired) electrons. The second-order valence-corrected chi connectivity index (χ2v) is 6.14. The number of carbonyl (C=O) groups is 1. The van der Waals surface area contributed by atoms with E-state index in [-0.39, 0.29) is 10.9 Å². The highest BCUT2D eigenvalue weighted by Crippen LogP contribution is 2.42. The molecule has 0 aromatic heterocycles. The number of amides is 1. The Hall–Kier alpha value is -1.87. The molecule has 1 fully saturated rings. The SMILES string of the molecule is O=C(Nc1ccc(F)cc1Cl)C1(c2ccccc2)CCCC1. The van der Waals surface area contributed by atoms with E-state index < -0.39 is 11.2 Å². The summed E-state index contributed by atoms with van der Waals surface area (Å²) in [5.41, 5.74) is 0.970. The topological polar surface area (TPSA) is 29.1 Å². The molecule has 3 rings (SSSR count). The molecular formula is C18H17ClFNO. The van der Waals surface area contributed by atoms with E-state index in [2.05, 4.69) is 5.32 Å². The fraction of sp³-hybridized carbons (Fsp3) is 0.278. The average molecular weight is 318 g/mol. The minimum Gasteiger partial charge on any atom is -0.324 e. The van der Waals surface area contributed by atoms with Crippen LogP contribution in [-0.2, 0) is 10.2 Å². The maximum absolute atomic E-state index is 13.1. The zero-order valence-electron chi connectivity index (χ0n) is 12.1. The average Bonchev–Trinajstić information content (AvgIpc) is 3.02. The third kappa shape index (κ3) is 2.73. The number of carbonyl (C=O) groups excluding carboxylic acids is 1. The van der Waals surface area contributed by atoms with Crippen LogP contribution >= 0.6 is 11.6 Å². The van der Waals surface area contributed by atoms with Crippen molar-refractivity contribution in [1.29, 1.82) is 0 Å². The molecule has 1 aliphatic carbocycles. The zero-order valence-corrected chi connectivity index (χ0v) is 12.9. The van der Waals surface area contributed by atoms with E-state index in [9.17, 15) is 9.18 Å². The van der Waals surface area contributed by atoms with Crippen molar-refractivity contribution in [3.05, 3.63) is 64.9 Å². The molecule has 0 atom stereocenters. The van der Waals surface area contributed by atoms with Gasteiger partial charge in [-0.15, -0.1) is 0 Å². The summed E-state index contributed by atoms with van der Waals surface area (Å²) < 4.78 is 13.1. The third-order valence-electron chi connectivity index (χ3n) is 4.40. The van der Waals surface area contributed by atoms with E-state index in [1.807, 2.05) is 30.3 Å². The first kappa shape index (κ1) is 15.0. The maximum Gasteiger partial charge on any atom is 0.235 e. The predicted molar refractivity (Wildman–Crippen MR) is 86.6 cm³/mol. The van der Waals surface area contributed by atoms with Crippen LogP contribution in [0.3, 0.4) is 0 Å². The van der Waals surface area contributed by atoms with Crippen LogP contribution in [-0.4, -0.2) is 5.91 Å². The van der Waals surface area contributed by atoms with Gasteiger partial charge in [0.15, 0.2) is 0 Å². The van der Waals surface area contributed by atoms with E-state index >= 15 is 0 Å². The molecule has 0 saturated heterocycles. The van der Waals surface area contributed by atoms with Crippen molar-refractivity contribution in [2.24, 2.45) is 0 Å². The molecule has 2 aromatic carbocycles. The van der Waals surface area contributed by atoms with Crippen LogP contribution in [0.15, 0.2) is 48.5 Å². The Balaban J connectivity index is 1.91. The first-order chi connectivity index (χ1) is 10.6. The lowest BCUT2D eigenvalue weighted by Crippen LogP contribution is -2.38. The minimum absolute atomic E-state index is 0.0651. The molecule has 114 valence electrons. The highest BCUT2D eigenvalue weighted by Gasteiger charge is 2.42. The summed E-state index contributed by atoms with van der Waals surface area (Å²) in [5, 5.41) is 3.10. The summed E-state index contributed by atoms with van der Waals surface area (Å²) >= 11 is 6.02. The first-order valence-corrected chi connectivity index (χ1v) is 7.82. The largest absolute Gasteiger partial charge is 0.324 e. The molecule has 0 unspecified atom stereocenters. The van der Waals surface area contributed by atoms with Crippen LogP contribution in [0.25, 0.3) is 0 Å². The Labute approximate surface area is 134 Å². The molecule has 0 spiro atoms. The summed E-state index contributed by atoms with van der Waals surface area (Å²) in [6, 6.07) is 13.9. The van der Waals surface area contributed by atoms with Crippen LogP contribution in [0.2, 0.25) is 5.02 Å². The predicted octanol–water partition coefficient (Wildman–Crippen LogP) is 4.93. The normalized spacial score (nSPS) is 16.5. The number of rotatable bonds is 3. The van der Waals surface area contributed by atoms with E-state index in [0.29, 0.717) is 5.69 Å². The zero-order chi connectivity index (χ0) is 15.6. The molecule has 0 heterocycles. The Morgan fingerprint density at radius 3 is 2.41 bits per heavy atom. The van der Waals surface area contributed by atoms with Gasteiger partial charge in [0.1, 0.15) is 5.82 Å². The summed E-state index contributed by atoms with van der Waals surface area (Å²) in [5.74, 6) is -0.480. The van der Waals surface area contributed by atoms with Crippen LogP contribution in [0.5, 0.6) is 0 Å². The van der Waals surface area contributed by atoms with Gasteiger partial charge < -0.3 is 5.32 Å². The number of benzene rings is 2. The van der Waals surface area contributed by atoms with Crippen molar-refractivity contribution in [3.8, 4) is 0 Å². The standard InChI is InChI=1S/C18H17ClFNO/c19-15-12-14(20)8-9-16(15)21-17(22)18(10-4-5-11-18)13-6-2-1-3-7-13/h1-3,6-9,12H,4-5,10-11H2,(H,21,22). The van der Waals surface area contributed by atoms with Crippen LogP contribution in [0, 0.1) is 5.82 Å². The van der Waals surface area contributed by atoms with Gasteiger partial charge in [0.2, 0.25) is 5.91 Å². The van der Waals surface area contributed by atoms with Gasteiger partial charge in [0.25, 0.3) is 0 Å². The van der Waals surface area contributed by atoms with Gasteiger partial charge in [-0.05, 0) is 36.6 Å². The van der Waals surface area contributed by atoms with Gasteiger partial charge in [-0.1, -0.05) is 54.8 Å². The lowest BCUT2D eigenvalue weighted by atomic mass is 9.78. The van der Waals surface area contributed by atoms with Crippen molar-refractivity contribution >= 4 is 23.2 Å². The van der Waals surface area contributed by atoms with Gasteiger partial charge in [0.05, 0.1) is 16.1 Å². The van der Waals surface area contributed by atoms with Gasteiger partial charge in [0, 0.05) is 0 Å². The molecule has 22 heavy (non-hydrogen) atoms. The quantitative estimate of drug-likeness (QED) is 0.854. The van der Waals surface area contributed by atoms with Gasteiger partial charge >= 0.3 is 0 Å². The highest BCUT2D eigenvalue weighted by molar-refractivity contribution is 6.33. The van der Waals surface area contributed by atoms with Crippen molar-refractivity contribution in [1.82, 2.24) is 0 Å². The Kier molecular flexibility index (Phi) is 4.16. The number of halogens is 2. The molecule has 1 saturated carbocycles. The second kappa shape index (κ2) is 6.09. The molecule has 4 heteroatoms.